The lowest BCUT2D eigenvalue weighted by Crippen LogP contribution is -2.37. The second-order valence-corrected chi connectivity index (χ2v) is 4.44. The molecule has 1 aromatic carbocycles. The van der Waals surface area contributed by atoms with Crippen molar-refractivity contribution in [3.05, 3.63) is 35.9 Å². The predicted octanol–water partition coefficient (Wildman–Crippen LogP) is 0.964. The minimum absolute atomic E-state index is 0.0446. The molecule has 102 valence electrons. The molecule has 5 heteroatoms. The van der Waals surface area contributed by atoms with Gasteiger partial charge in [-0.15, -0.1) is 0 Å². The molecule has 5 nitrogen and oxygen atoms in total. The van der Waals surface area contributed by atoms with Crippen LogP contribution in [0.1, 0.15) is 17.3 Å². The van der Waals surface area contributed by atoms with Crippen molar-refractivity contribution in [3.8, 4) is 0 Å². The number of carbonyl (C=O) groups excluding carboxylic acids is 2. The minimum Gasteiger partial charge on any atom is -0.369 e. The zero-order valence-electron chi connectivity index (χ0n) is 11.5. The normalized spacial score (nSPS) is 12.4. The van der Waals surface area contributed by atoms with E-state index in [1.54, 1.807) is 38.1 Å². The Morgan fingerprint density at radius 3 is 2.53 bits per heavy atom. The Kier molecular flexibility index (Phi) is 5.89. The molecule has 0 fully saturated rings. The van der Waals surface area contributed by atoms with E-state index in [0.29, 0.717) is 5.56 Å². The van der Waals surface area contributed by atoms with E-state index in [4.69, 9.17) is 0 Å². The van der Waals surface area contributed by atoms with Crippen LogP contribution >= 0.6 is 0 Å². The maximum atomic E-state index is 11.8. The van der Waals surface area contributed by atoms with Gasteiger partial charge in [0.25, 0.3) is 5.91 Å². The number of Topliss-reactive ketones (excluding diaryl/α,β-unsaturated/α-hetero) is 1. The lowest BCUT2D eigenvalue weighted by atomic mass is 10.1. The third-order valence-corrected chi connectivity index (χ3v) is 2.45. The van der Waals surface area contributed by atoms with Crippen molar-refractivity contribution in [2.75, 3.05) is 20.6 Å². The quantitative estimate of drug-likeness (QED) is 0.471. The Hall–Kier alpha value is -2.01. The Morgan fingerprint density at radius 1 is 1.32 bits per heavy atom. The van der Waals surface area contributed by atoms with Crippen molar-refractivity contribution in [1.82, 2.24) is 10.2 Å². The Balaban J connectivity index is 2.44. The first-order chi connectivity index (χ1) is 9.00. The van der Waals surface area contributed by atoms with Crippen LogP contribution < -0.4 is 5.32 Å². The molecule has 0 heterocycles. The number of ketones is 1. The summed E-state index contributed by atoms with van der Waals surface area (Å²) in [4.78, 5) is 28.9. The molecule has 0 aliphatic rings. The lowest BCUT2D eigenvalue weighted by Gasteiger charge is -2.10. The number of rotatable bonds is 6. The fraction of sp³-hybridized carbons (Fsp3) is 0.357. The standard InChI is InChI=1S/C14H19N3O2/c1-11(14(19)16-10-17(2)3)15-9-13(18)12-7-5-4-6-8-12/h4-8,10-11,15H,9H2,1-3H3/b16-10+/t11-/m0/s1. The van der Waals surface area contributed by atoms with E-state index in [1.807, 2.05) is 18.2 Å². The molecular formula is C14H19N3O2. The molecule has 0 aromatic heterocycles. The van der Waals surface area contributed by atoms with Crippen LogP contribution in [-0.4, -0.2) is 49.6 Å². The van der Waals surface area contributed by atoms with E-state index in [2.05, 4.69) is 10.3 Å². The number of nitrogens with zero attached hydrogens (tertiary/aromatic N) is 2. The maximum Gasteiger partial charge on any atom is 0.263 e. The molecule has 19 heavy (non-hydrogen) atoms. The zero-order valence-corrected chi connectivity index (χ0v) is 11.5. The van der Waals surface area contributed by atoms with E-state index < -0.39 is 6.04 Å². The molecule has 0 aliphatic carbocycles. The van der Waals surface area contributed by atoms with Gasteiger partial charge in [0, 0.05) is 19.7 Å². The highest BCUT2D eigenvalue weighted by Crippen LogP contribution is 1.99. The molecule has 1 aromatic rings. The van der Waals surface area contributed by atoms with Gasteiger partial charge in [-0.3, -0.25) is 14.9 Å². The van der Waals surface area contributed by atoms with Crippen LogP contribution in [0.4, 0.5) is 0 Å². The minimum atomic E-state index is -0.483. The first-order valence-corrected chi connectivity index (χ1v) is 6.07. The Morgan fingerprint density at radius 2 is 1.95 bits per heavy atom. The molecule has 1 atom stereocenters. The number of hydrogen-bond donors (Lipinski definition) is 1. The summed E-state index contributed by atoms with van der Waals surface area (Å²) >= 11 is 0. The van der Waals surface area contributed by atoms with Gasteiger partial charge < -0.3 is 4.90 Å². The number of amides is 1. The molecule has 1 N–H and O–H groups in total. The molecule has 0 saturated carbocycles. The van der Waals surface area contributed by atoms with E-state index in [9.17, 15) is 9.59 Å². The van der Waals surface area contributed by atoms with Crippen molar-refractivity contribution in [2.45, 2.75) is 13.0 Å². The fourth-order valence-electron chi connectivity index (χ4n) is 1.34. The molecule has 1 amide bonds. The zero-order chi connectivity index (χ0) is 14.3. The number of aliphatic imine (C=N–C) groups is 1. The Labute approximate surface area is 113 Å². The molecule has 0 spiro atoms. The van der Waals surface area contributed by atoms with Gasteiger partial charge in [0.15, 0.2) is 5.78 Å². The highest BCUT2D eigenvalue weighted by molar-refractivity contribution is 5.98. The van der Waals surface area contributed by atoms with Crippen LogP contribution in [0.15, 0.2) is 35.3 Å². The van der Waals surface area contributed by atoms with Crippen molar-refractivity contribution < 1.29 is 9.59 Å². The number of nitrogens with one attached hydrogen (secondary N) is 1. The van der Waals surface area contributed by atoms with Gasteiger partial charge in [-0.05, 0) is 6.92 Å². The summed E-state index contributed by atoms with van der Waals surface area (Å²) in [7, 11) is 3.57. The van der Waals surface area contributed by atoms with Crippen molar-refractivity contribution >= 4 is 18.0 Å². The van der Waals surface area contributed by atoms with E-state index in [-0.39, 0.29) is 18.2 Å². The number of carbonyl (C=O) groups is 2. The third kappa shape index (κ3) is 5.44. The smallest absolute Gasteiger partial charge is 0.263 e. The van der Waals surface area contributed by atoms with E-state index in [0.717, 1.165) is 0 Å². The van der Waals surface area contributed by atoms with Crippen molar-refractivity contribution in [2.24, 2.45) is 4.99 Å². The second kappa shape index (κ2) is 7.43. The van der Waals surface area contributed by atoms with Gasteiger partial charge in [0.2, 0.25) is 0 Å². The van der Waals surface area contributed by atoms with Gasteiger partial charge in [0.05, 0.1) is 18.9 Å². The summed E-state index contributed by atoms with van der Waals surface area (Å²) in [6.07, 6.45) is 1.44. The van der Waals surface area contributed by atoms with Gasteiger partial charge in [-0.25, -0.2) is 4.99 Å². The molecule has 0 unspecified atom stereocenters. The van der Waals surface area contributed by atoms with Crippen LogP contribution in [0.2, 0.25) is 0 Å². The Bertz CT molecular complexity index is 455. The van der Waals surface area contributed by atoms with Gasteiger partial charge in [0.1, 0.15) is 0 Å². The van der Waals surface area contributed by atoms with E-state index in [1.165, 1.54) is 6.34 Å². The van der Waals surface area contributed by atoms with Gasteiger partial charge in [-0.2, -0.15) is 0 Å². The first-order valence-electron chi connectivity index (χ1n) is 6.07. The summed E-state index contributed by atoms with van der Waals surface area (Å²) in [5.41, 5.74) is 0.631. The fourth-order valence-corrected chi connectivity index (χ4v) is 1.34. The van der Waals surface area contributed by atoms with Crippen LogP contribution in [0.3, 0.4) is 0 Å². The SMILES string of the molecule is C[C@H](NCC(=O)c1ccccc1)C(=O)/N=C/N(C)C. The second-order valence-electron chi connectivity index (χ2n) is 4.44. The summed E-state index contributed by atoms with van der Waals surface area (Å²) in [5, 5.41) is 2.87. The average Bonchev–Trinajstić information content (AvgIpc) is 2.42. The number of benzene rings is 1. The summed E-state index contributed by atoms with van der Waals surface area (Å²) in [6.45, 7) is 1.81. The first kappa shape index (κ1) is 15.0. The van der Waals surface area contributed by atoms with Crippen LogP contribution in [0.25, 0.3) is 0 Å². The summed E-state index contributed by atoms with van der Waals surface area (Å²) in [5.74, 6) is -0.341. The molecule has 0 bridgehead atoms. The van der Waals surface area contributed by atoms with Crippen LogP contribution in [0.5, 0.6) is 0 Å². The van der Waals surface area contributed by atoms with Crippen LogP contribution in [0, 0.1) is 0 Å². The number of hydrogen-bond acceptors (Lipinski definition) is 3. The van der Waals surface area contributed by atoms with Gasteiger partial charge >= 0.3 is 0 Å². The summed E-state index contributed by atoms with van der Waals surface area (Å²) < 4.78 is 0. The lowest BCUT2D eigenvalue weighted by molar-refractivity contribution is -0.119. The topological polar surface area (TPSA) is 61.8 Å². The highest BCUT2D eigenvalue weighted by Gasteiger charge is 2.13. The largest absolute Gasteiger partial charge is 0.369 e. The third-order valence-electron chi connectivity index (χ3n) is 2.45. The molecule has 0 radical (unpaired) electrons. The highest BCUT2D eigenvalue weighted by atomic mass is 16.2. The molecular weight excluding hydrogens is 242 g/mol. The van der Waals surface area contributed by atoms with Crippen LogP contribution in [-0.2, 0) is 4.79 Å². The summed E-state index contributed by atoms with van der Waals surface area (Å²) in [6, 6.07) is 8.49. The van der Waals surface area contributed by atoms with Crippen molar-refractivity contribution in [3.63, 3.8) is 0 Å². The average molecular weight is 261 g/mol. The molecule has 0 saturated heterocycles. The predicted molar refractivity (Wildman–Crippen MR) is 75.4 cm³/mol. The molecule has 0 aliphatic heterocycles. The van der Waals surface area contributed by atoms with Gasteiger partial charge in [-0.1, -0.05) is 30.3 Å². The van der Waals surface area contributed by atoms with E-state index >= 15 is 0 Å². The maximum absolute atomic E-state index is 11.8. The van der Waals surface area contributed by atoms with Crippen molar-refractivity contribution in [1.29, 1.82) is 0 Å². The molecule has 1 rings (SSSR count). The monoisotopic (exact) mass is 261 g/mol.